The highest BCUT2D eigenvalue weighted by Crippen LogP contribution is 2.21. The van der Waals surface area contributed by atoms with Crippen LogP contribution in [-0.2, 0) is 0 Å². The fraction of sp³-hybridized carbons (Fsp3) is 0.125. The third kappa shape index (κ3) is 2.58. The third-order valence-corrected chi connectivity index (χ3v) is 3.47. The summed E-state index contributed by atoms with van der Waals surface area (Å²) < 4.78 is 0. The van der Waals surface area contributed by atoms with Gasteiger partial charge in [-0.1, -0.05) is 6.07 Å². The van der Waals surface area contributed by atoms with Gasteiger partial charge in [0.15, 0.2) is 0 Å². The second-order valence-corrected chi connectivity index (χ2v) is 5.22. The Morgan fingerprint density at radius 2 is 1.73 bits per heavy atom. The molecule has 112 valence electrons. The monoisotopic (exact) mass is 296 g/mol. The molecule has 6 heteroatoms. The van der Waals surface area contributed by atoms with Crippen molar-refractivity contribution in [3.63, 3.8) is 0 Å². The Balaban J connectivity index is 1.75. The number of amides is 2. The van der Waals surface area contributed by atoms with Gasteiger partial charge in [0.1, 0.15) is 11.4 Å². The van der Waals surface area contributed by atoms with Gasteiger partial charge in [-0.05, 0) is 49.2 Å². The Kier molecular flexibility index (Phi) is 3.42. The van der Waals surface area contributed by atoms with Crippen molar-refractivity contribution in [2.45, 2.75) is 13.8 Å². The Morgan fingerprint density at radius 3 is 2.41 bits per heavy atom. The number of fused-ring (bicyclic) bond motifs is 1. The Bertz CT molecular complexity index is 847. The third-order valence-electron chi connectivity index (χ3n) is 3.47. The second-order valence-electron chi connectivity index (χ2n) is 5.22. The normalized spacial score (nSPS) is 10.6. The van der Waals surface area contributed by atoms with E-state index in [1.807, 2.05) is 19.9 Å². The number of carbonyl (C=O) groups is 2. The molecule has 0 saturated heterocycles. The van der Waals surface area contributed by atoms with Crippen molar-refractivity contribution in [1.82, 2.24) is 20.8 Å². The number of aromatic nitrogens is 2. The average molecular weight is 296 g/mol. The minimum absolute atomic E-state index is 0.378. The molecule has 0 unspecified atom stereocenters. The van der Waals surface area contributed by atoms with Crippen molar-refractivity contribution in [2.24, 2.45) is 0 Å². The quantitative estimate of drug-likeness (QED) is 0.546. The van der Waals surface area contributed by atoms with Gasteiger partial charge in [-0.15, -0.1) is 0 Å². The van der Waals surface area contributed by atoms with Crippen LogP contribution in [0.4, 0.5) is 0 Å². The first-order valence-electron chi connectivity index (χ1n) is 6.88. The molecule has 4 N–H and O–H groups in total. The zero-order chi connectivity index (χ0) is 15.7. The van der Waals surface area contributed by atoms with Crippen LogP contribution in [0.2, 0.25) is 0 Å². The molecule has 0 fully saturated rings. The highest BCUT2D eigenvalue weighted by atomic mass is 16.2. The van der Waals surface area contributed by atoms with E-state index in [2.05, 4.69) is 26.9 Å². The fourth-order valence-corrected chi connectivity index (χ4v) is 2.44. The Hall–Kier alpha value is -3.02. The molecule has 0 radical (unpaired) electrons. The van der Waals surface area contributed by atoms with Crippen molar-refractivity contribution < 1.29 is 9.59 Å². The minimum atomic E-state index is -0.401. The van der Waals surface area contributed by atoms with E-state index < -0.39 is 11.8 Å². The Morgan fingerprint density at radius 1 is 1.00 bits per heavy atom. The van der Waals surface area contributed by atoms with Gasteiger partial charge in [0.25, 0.3) is 11.8 Å². The lowest BCUT2D eigenvalue weighted by molar-refractivity contribution is 0.0842. The number of benzene rings is 1. The van der Waals surface area contributed by atoms with Gasteiger partial charge in [-0.25, -0.2) is 0 Å². The van der Waals surface area contributed by atoms with Crippen LogP contribution in [0.15, 0.2) is 36.5 Å². The molecule has 0 saturated carbocycles. The van der Waals surface area contributed by atoms with Gasteiger partial charge in [0.2, 0.25) is 0 Å². The van der Waals surface area contributed by atoms with E-state index in [9.17, 15) is 9.59 Å². The maximum atomic E-state index is 12.1. The first-order valence-corrected chi connectivity index (χ1v) is 6.88. The van der Waals surface area contributed by atoms with Crippen LogP contribution in [0, 0.1) is 13.8 Å². The summed E-state index contributed by atoms with van der Waals surface area (Å²) in [6.07, 6.45) is 1.64. The lowest BCUT2D eigenvalue weighted by atomic mass is 10.1. The van der Waals surface area contributed by atoms with E-state index in [4.69, 9.17) is 0 Å². The average Bonchev–Trinajstić information content (AvgIpc) is 3.13. The van der Waals surface area contributed by atoms with E-state index >= 15 is 0 Å². The van der Waals surface area contributed by atoms with Gasteiger partial charge in [0, 0.05) is 17.1 Å². The van der Waals surface area contributed by atoms with Crippen molar-refractivity contribution in [3.05, 3.63) is 59.0 Å². The van der Waals surface area contributed by atoms with Crippen LogP contribution >= 0.6 is 0 Å². The predicted octanol–water partition coefficient (Wildman–Crippen LogP) is 2.19. The summed E-state index contributed by atoms with van der Waals surface area (Å²) in [6.45, 7) is 4.00. The molecule has 0 bridgehead atoms. The molecule has 6 nitrogen and oxygen atoms in total. The van der Waals surface area contributed by atoms with Crippen LogP contribution in [-0.4, -0.2) is 21.8 Å². The molecule has 0 aliphatic rings. The van der Waals surface area contributed by atoms with Gasteiger partial charge in [-0.3, -0.25) is 20.4 Å². The molecule has 0 atom stereocenters. The summed E-state index contributed by atoms with van der Waals surface area (Å²) in [7, 11) is 0. The molecule has 2 amide bonds. The standard InChI is InChI=1S/C16H16N4O2/c1-9-6-10(2)11-8-14(18-13(11)7-9)16(22)20-19-15(21)12-4-3-5-17-12/h3-8,17-18H,1-2H3,(H,19,21)(H,20,22). The van der Waals surface area contributed by atoms with E-state index in [0.29, 0.717) is 11.4 Å². The van der Waals surface area contributed by atoms with Crippen LogP contribution in [0.1, 0.15) is 32.1 Å². The molecular formula is C16H16N4O2. The number of hydrogen-bond donors (Lipinski definition) is 4. The number of carbonyl (C=O) groups excluding carboxylic acids is 2. The first-order chi connectivity index (χ1) is 10.5. The molecule has 0 spiro atoms. The highest BCUT2D eigenvalue weighted by Gasteiger charge is 2.12. The number of hydrogen-bond acceptors (Lipinski definition) is 2. The molecule has 0 aliphatic heterocycles. The molecule has 2 aromatic heterocycles. The molecule has 3 aromatic rings. The number of rotatable bonds is 2. The van der Waals surface area contributed by atoms with Crippen molar-refractivity contribution >= 4 is 22.7 Å². The van der Waals surface area contributed by atoms with E-state index in [0.717, 1.165) is 22.0 Å². The molecule has 2 heterocycles. The van der Waals surface area contributed by atoms with Crippen LogP contribution in [0.5, 0.6) is 0 Å². The summed E-state index contributed by atoms with van der Waals surface area (Å²) in [5.74, 6) is -0.797. The number of hydrazine groups is 1. The maximum absolute atomic E-state index is 12.1. The maximum Gasteiger partial charge on any atom is 0.286 e. The summed E-state index contributed by atoms with van der Waals surface area (Å²) >= 11 is 0. The molecule has 22 heavy (non-hydrogen) atoms. The van der Waals surface area contributed by atoms with Crippen molar-refractivity contribution in [1.29, 1.82) is 0 Å². The summed E-state index contributed by atoms with van der Waals surface area (Å²) in [4.78, 5) is 29.7. The number of aromatic amines is 2. The molecule has 1 aromatic carbocycles. The van der Waals surface area contributed by atoms with Gasteiger partial charge in [0.05, 0.1) is 0 Å². The van der Waals surface area contributed by atoms with Gasteiger partial charge >= 0.3 is 0 Å². The van der Waals surface area contributed by atoms with E-state index in [1.54, 1.807) is 24.4 Å². The number of nitrogens with one attached hydrogen (secondary N) is 4. The van der Waals surface area contributed by atoms with Crippen molar-refractivity contribution in [3.8, 4) is 0 Å². The van der Waals surface area contributed by atoms with Crippen LogP contribution in [0.3, 0.4) is 0 Å². The van der Waals surface area contributed by atoms with E-state index in [-0.39, 0.29) is 0 Å². The molecular weight excluding hydrogens is 280 g/mol. The topological polar surface area (TPSA) is 89.8 Å². The van der Waals surface area contributed by atoms with Crippen LogP contribution in [0.25, 0.3) is 10.9 Å². The first kappa shape index (κ1) is 13.9. The van der Waals surface area contributed by atoms with Crippen molar-refractivity contribution in [2.75, 3.05) is 0 Å². The lowest BCUT2D eigenvalue weighted by Crippen LogP contribution is -2.41. The second kappa shape index (κ2) is 5.40. The smallest absolute Gasteiger partial charge is 0.286 e. The lowest BCUT2D eigenvalue weighted by Gasteiger charge is -2.04. The number of aryl methyl sites for hydroxylation is 2. The minimum Gasteiger partial charge on any atom is -0.357 e. The zero-order valence-corrected chi connectivity index (χ0v) is 12.3. The van der Waals surface area contributed by atoms with Crippen LogP contribution < -0.4 is 10.9 Å². The summed E-state index contributed by atoms with van der Waals surface area (Å²) in [6, 6.07) is 9.15. The zero-order valence-electron chi connectivity index (χ0n) is 12.3. The number of H-pyrrole nitrogens is 2. The SMILES string of the molecule is Cc1cc(C)c2cc(C(=O)NNC(=O)c3ccc[nH]3)[nH]c2c1. The molecule has 3 rings (SSSR count). The summed E-state index contributed by atoms with van der Waals surface area (Å²) in [5, 5.41) is 0.992. The fourth-order valence-electron chi connectivity index (χ4n) is 2.44. The Labute approximate surface area is 126 Å². The molecule has 0 aliphatic carbocycles. The van der Waals surface area contributed by atoms with Gasteiger partial charge in [-0.2, -0.15) is 0 Å². The predicted molar refractivity (Wildman–Crippen MR) is 83.5 cm³/mol. The van der Waals surface area contributed by atoms with Gasteiger partial charge < -0.3 is 9.97 Å². The van der Waals surface area contributed by atoms with E-state index in [1.165, 1.54) is 0 Å². The summed E-state index contributed by atoms with van der Waals surface area (Å²) in [5.41, 5.74) is 8.66. The highest BCUT2D eigenvalue weighted by molar-refractivity contribution is 6.01. The largest absolute Gasteiger partial charge is 0.357 e.